The van der Waals surface area contributed by atoms with E-state index < -0.39 is 5.97 Å². The maximum Gasteiger partial charge on any atom is 0.303 e. The number of benzene rings is 1. The predicted molar refractivity (Wildman–Crippen MR) is 79.5 cm³/mol. The lowest BCUT2D eigenvalue weighted by atomic mass is 9.90. The van der Waals surface area contributed by atoms with E-state index in [1.54, 1.807) is 6.26 Å². The number of hydrogen-bond donors (Lipinski definition) is 1. The van der Waals surface area contributed by atoms with Crippen LogP contribution < -0.4 is 10.4 Å². The number of allylic oxidation sites excluding steroid dienone is 3. The van der Waals surface area contributed by atoms with Crippen LogP contribution in [0.1, 0.15) is 12.8 Å². The second-order valence-corrected chi connectivity index (χ2v) is 4.82. The Morgan fingerprint density at radius 1 is 1.30 bits per heavy atom. The molecule has 0 radical (unpaired) electrons. The number of rotatable bonds is 2. The minimum Gasteiger partial charge on any atom is -0.481 e. The van der Waals surface area contributed by atoms with Gasteiger partial charge in [-0.1, -0.05) is 30.3 Å². The number of carboxylic acid groups (broad SMARTS) is 1. The maximum absolute atomic E-state index is 10.8. The van der Waals surface area contributed by atoms with Crippen molar-refractivity contribution in [3.05, 3.63) is 58.2 Å². The second-order valence-electron chi connectivity index (χ2n) is 4.82. The van der Waals surface area contributed by atoms with Crippen LogP contribution in [0.2, 0.25) is 0 Å². The summed E-state index contributed by atoms with van der Waals surface area (Å²) in [7, 11) is 0. The minimum atomic E-state index is -0.764. The van der Waals surface area contributed by atoms with E-state index in [9.17, 15) is 4.79 Å². The zero-order valence-corrected chi connectivity index (χ0v) is 11.6. The van der Waals surface area contributed by atoms with Crippen LogP contribution in [0, 0.1) is 5.92 Å². The maximum atomic E-state index is 10.8. The lowest BCUT2D eigenvalue weighted by Gasteiger charge is -2.18. The third-order valence-corrected chi connectivity index (χ3v) is 3.39. The first-order valence-corrected chi connectivity index (χ1v) is 6.29. The zero-order chi connectivity index (χ0) is 13.2. The molecule has 1 aliphatic carbocycles. The van der Waals surface area contributed by atoms with Crippen molar-refractivity contribution in [3.8, 4) is 0 Å². The predicted octanol–water partition coefficient (Wildman–Crippen LogP) is 1.96. The molecule has 0 bridgehead atoms. The molecule has 1 heterocycles. The van der Waals surface area contributed by atoms with Gasteiger partial charge in [0.15, 0.2) is 0 Å². The summed E-state index contributed by atoms with van der Waals surface area (Å²) in [5.74, 6) is 0.0967. The quantitative estimate of drug-likeness (QED) is 0.906. The summed E-state index contributed by atoms with van der Waals surface area (Å²) in [5.41, 5.74) is 1.06. The van der Waals surface area contributed by atoms with Gasteiger partial charge in [-0.25, -0.2) is 0 Å². The molecule has 0 saturated heterocycles. The van der Waals surface area contributed by atoms with Gasteiger partial charge in [-0.2, -0.15) is 0 Å². The van der Waals surface area contributed by atoms with E-state index in [-0.39, 0.29) is 24.7 Å². The molecule has 1 atom stereocenters. The van der Waals surface area contributed by atoms with Crippen molar-refractivity contribution in [2.75, 3.05) is 0 Å². The number of hydrogen-bond acceptors (Lipinski definition) is 2. The Labute approximate surface area is 123 Å². The van der Waals surface area contributed by atoms with Gasteiger partial charge in [-0.15, -0.1) is 12.4 Å². The van der Waals surface area contributed by atoms with Crippen LogP contribution in [0.4, 0.5) is 0 Å². The van der Waals surface area contributed by atoms with Crippen molar-refractivity contribution >= 4 is 30.7 Å². The summed E-state index contributed by atoms with van der Waals surface area (Å²) in [4.78, 5) is 10.8. The van der Waals surface area contributed by atoms with Gasteiger partial charge in [0.1, 0.15) is 5.76 Å². The molecule has 0 saturated carbocycles. The summed E-state index contributed by atoms with van der Waals surface area (Å²) in [6.07, 6.45) is 8.51. The van der Waals surface area contributed by atoms with Crippen LogP contribution in [-0.2, 0) is 9.53 Å². The van der Waals surface area contributed by atoms with Crippen molar-refractivity contribution in [1.29, 1.82) is 0 Å². The molecule has 1 aromatic carbocycles. The molecule has 0 spiro atoms. The molecule has 20 heavy (non-hydrogen) atoms. The van der Waals surface area contributed by atoms with Gasteiger partial charge in [0.05, 0.1) is 12.7 Å². The highest BCUT2D eigenvalue weighted by Crippen LogP contribution is 2.28. The molecule has 1 aliphatic heterocycles. The van der Waals surface area contributed by atoms with Gasteiger partial charge in [0, 0.05) is 5.22 Å². The fraction of sp³-hybridized carbons (Fsp3) is 0.188. The molecule has 3 rings (SSSR count). The molecule has 3 nitrogen and oxygen atoms in total. The normalized spacial score (nSPS) is 19.3. The first-order valence-electron chi connectivity index (χ1n) is 6.29. The summed E-state index contributed by atoms with van der Waals surface area (Å²) >= 11 is 0. The molecule has 1 aromatic rings. The SMILES string of the molecule is Cl.O=C(O)CC1C=CC2=C(C=c3ccccc3=CO2)C1. The number of carbonyl (C=O) groups is 1. The topological polar surface area (TPSA) is 46.5 Å². The van der Waals surface area contributed by atoms with E-state index in [1.807, 2.05) is 36.4 Å². The third-order valence-electron chi connectivity index (χ3n) is 3.39. The molecule has 0 aromatic heterocycles. The van der Waals surface area contributed by atoms with Crippen LogP contribution in [0.25, 0.3) is 12.3 Å². The first kappa shape index (κ1) is 14.4. The molecule has 4 heteroatoms. The molecular formula is C16H15ClO3. The van der Waals surface area contributed by atoms with E-state index in [0.29, 0.717) is 6.42 Å². The lowest BCUT2D eigenvalue weighted by Crippen LogP contribution is -2.23. The van der Waals surface area contributed by atoms with Crippen molar-refractivity contribution in [3.63, 3.8) is 0 Å². The summed E-state index contributed by atoms with van der Waals surface area (Å²) in [5, 5.41) is 11.0. The van der Waals surface area contributed by atoms with Crippen LogP contribution in [0.3, 0.4) is 0 Å². The van der Waals surface area contributed by atoms with Crippen LogP contribution >= 0.6 is 12.4 Å². The van der Waals surface area contributed by atoms with Crippen molar-refractivity contribution < 1.29 is 14.6 Å². The third kappa shape index (κ3) is 2.94. The van der Waals surface area contributed by atoms with Crippen LogP contribution in [0.15, 0.2) is 47.7 Å². The van der Waals surface area contributed by atoms with Crippen LogP contribution in [-0.4, -0.2) is 11.1 Å². The molecule has 2 aliphatic rings. The van der Waals surface area contributed by atoms with E-state index in [0.717, 1.165) is 21.8 Å². The van der Waals surface area contributed by atoms with Crippen molar-refractivity contribution in [2.45, 2.75) is 12.8 Å². The number of carboxylic acids is 1. The summed E-state index contributed by atoms with van der Waals surface area (Å²) < 4.78 is 5.68. The number of fused-ring (bicyclic) bond motifs is 1. The standard InChI is InChI=1S/C16H14O3.ClH/c17-16(18)8-11-5-6-15-14(7-11)9-12-3-1-2-4-13(12)10-19-15;/h1-6,9-11H,7-8H2,(H,17,18);1H. The Kier molecular flexibility index (Phi) is 4.30. The van der Waals surface area contributed by atoms with E-state index in [2.05, 4.69) is 6.08 Å². The largest absolute Gasteiger partial charge is 0.481 e. The van der Waals surface area contributed by atoms with Crippen molar-refractivity contribution in [1.82, 2.24) is 0 Å². The lowest BCUT2D eigenvalue weighted by molar-refractivity contribution is -0.137. The average molecular weight is 291 g/mol. The minimum absolute atomic E-state index is 0. The molecule has 1 unspecified atom stereocenters. The van der Waals surface area contributed by atoms with Gasteiger partial charge in [-0.3, -0.25) is 4.79 Å². The van der Waals surface area contributed by atoms with Crippen LogP contribution in [0.5, 0.6) is 0 Å². The van der Waals surface area contributed by atoms with Gasteiger partial charge in [0.25, 0.3) is 0 Å². The molecule has 1 N–H and O–H groups in total. The van der Waals surface area contributed by atoms with E-state index in [4.69, 9.17) is 9.84 Å². The number of aliphatic carboxylic acids is 1. The van der Waals surface area contributed by atoms with Gasteiger partial charge >= 0.3 is 5.97 Å². The molecule has 0 fully saturated rings. The van der Waals surface area contributed by atoms with E-state index in [1.165, 1.54) is 0 Å². The Balaban J connectivity index is 0.00000147. The summed E-state index contributed by atoms with van der Waals surface area (Å²) in [6, 6.07) is 8.00. The highest BCUT2D eigenvalue weighted by atomic mass is 35.5. The molecular weight excluding hydrogens is 276 g/mol. The molecule has 0 amide bonds. The Hall–Kier alpha value is -2.00. The second kappa shape index (κ2) is 5.97. The summed E-state index contributed by atoms with van der Waals surface area (Å²) in [6.45, 7) is 0. The van der Waals surface area contributed by atoms with Gasteiger partial charge in [-0.05, 0) is 35.3 Å². The van der Waals surface area contributed by atoms with Gasteiger partial charge < -0.3 is 9.84 Å². The zero-order valence-electron chi connectivity index (χ0n) is 10.8. The fourth-order valence-corrected chi connectivity index (χ4v) is 2.46. The van der Waals surface area contributed by atoms with Gasteiger partial charge in [0.2, 0.25) is 0 Å². The number of ether oxygens (including phenoxy) is 1. The number of halogens is 1. The van der Waals surface area contributed by atoms with Crippen molar-refractivity contribution in [2.24, 2.45) is 5.92 Å². The first-order chi connectivity index (χ1) is 9.22. The van der Waals surface area contributed by atoms with E-state index >= 15 is 0 Å². The highest BCUT2D eigenvalue weighted by Gasteiger charge is 2.19. The fourth-order valence-electron chi connectivity index (χ4n) is 2.46. The smallest absolute Gasteiger partial charge is 0.303 e. The Morgan fingerprint density at radius 3 is 2.80 bits per heavy atom. The highest BCUT2D eigenvalue weighted by molar-refractivity contribution is 5.85. The molecule has 104 valence electrons. The average Bonchev–Trinajstić information content (AvgIpc) is 2.56. The monoisotopic (exact) mass is 290 g/mol. The Bertz CT molecular complexity index is 701. The Morgan fingerprint density at radius 2 is 2.05 bits per heavy atom.